The Morgan fingerprint density at radius 2 is 1.79 bits per heavy atom. The molecule has 0 atom stereocenters. The van der Waals surface area contributed by atoms with E-state index in [0.717, 1.165) is 4.47 Å². The molecule has 3 rings (SSSR count). The topological polar surface area (TPSA) is 49.0 Å². The number of aromatic amines is 1. The van der Waals surface area contributed by atoms with Crippen LogP contribution in [0.2, 0.25) is 0 Å². The van der Waals surface area contributed by atoms with E-state index in [2.05, 4.69) is 42.9 Å². The monoisotopic (exact) mass is 321 g/mol. The SMILES string of the molecule is O=c1ccc(Br)c[nH]1.c1cc(N2CCCC2)ccn1. The zero-order valence-corrected chi connectivity index (χ0v) is 12.1. The van der Waals surface area contributed by atoms with E-state index in [1.165, 1.54) is 37.7 Å². The first-order valence-electron chi connectivity index (χ1n) is 6.25. The second-order valence-corrected chi connectivity index (χ2v) is 5.19. The summed E-state index contributed by atoms with van der Waals surface area (Å²) in [6, 6.07) is 7.31. The molecule has 0 spiro atoms. The van der Waals surface area contributed by atoms with Crippen molar-refractivity contribution < 1.29 is 0 Å². The third-order valence-electron chi connectivity index (χ3n) is 2.88. The summed E-state index contributed by atoms with van der Waals surface area (Å²) in [5.74, 6) is 0. The highest BCUT2D eigenvalue weighted by Crippen LogP contribution is 2.17. The largest absolute Gasteiger partial charge is 0.371 e. The van der Waals surface area contributed by atoms with E-state index in [0.29, 0.717) is 0 Å². The van der Waals surface area contributed by atoms with Gasteiger partial charge in [-0.15, -0.1) is 0 Å². The Hall–Kier alpha value is -1.62. The summed E-state index contributed by atoms with van der Waals surface area (Å²) in [5, 5.41) is 0. The van der Waals surface area contributed by atoms with Crippen molar-refractivity contribution in [2.45, 2.75) is 12.8 Å². The quantitative estimate of drug-likeness (QED) is 0.878. The van der Waals surface area contributed by atoms with Gasteiger partial charge in [-0.1, -0.05) is 0 Å². The lowest BCUT2D eigenvalue weighted by Crippen LogP contribution is -2.17. The molecule has 5 heteroatoms. The maximum atomic E-state index is 10.3. The first-order chi connectivity index (χ1) is 9.25. The van der Waals surface area contributed by atoms with Crippen molar-refractivity contribution in [3.8, 4) is 0 Å². The second kappa shape index (κ2) is 7.09. The highest BCUT2D eigenvalue weighted by Gasteiger charge is 2.10. The van der Waals surface area contributed by atoms with E-state index >= 15 is 0 Å². The molecule has 0 aliphatic carbocycles. The van der Waals surface area contributed by atoms with Crippen LogP contribution in [-0.2, 0) is 0 Å². The van der Waals surface area contributed by atoms with Gasteiger partial charge in [0.1, 0.15) is 0 Å². The number of H-pyrrole nitrogens is 1. The second-order valence-electron chi connectivity index (χ2n) is 4.27. The molecule has 1 aliphatic heterocycles. The number of hydrogen-bond acceptors (Lipinski definition) is 3. The summed E-state index contributed by atoms with van der Waals surface area (Å²) in [5.41, 5.74) is 1.24. The van der Waals surface area contributed by atoms with Gasteiger partial charge < -0.3 is 9.88 Å². The summed E-state index contributed by atoms with van der Waals surface area (Å²) in [4.78, 5) is 19.2. The maximum absolute atomic E-state index is 10.3. The average molecular weight is 322 g/mol. The average Bonchev–Trinajstić information content (AvgIpc) is 2.98. The van der Waals surface area contributed by atoms with Crippen molar-refractivity contribution in [2.24, 2.45) is 0 Å². The molecule has 0 saturated carbocycles. The van der Waals surface area contributed by atoms with Gasteiger partial charge in [0.25, 0.3) is 0 Å². The van der Waals surface area contributed by atoms with Crippen molar-refractivity contribution in [3.05, 3.63) is 57.7 Å². The number of pyridine rings is 2. The van der Waals surface area contributed by atoms with Crippen LogP contribution >= 0.6 is 15.9 Å². The molecule has 0 radical (unpaired) electrons. The van der Waals surface area contributed by atoms with E-state index in [4.69, 9.17) is 0 Å². The zero-order valence-electron chi connectivity index (χ0n) is 10.6. The first kappa shape index (κ1) is 13.8. The molecule has 1 saturated heterocycles. The Balaban J connectivity index is 0.000000148. The van der Waals surface area contributed by atoms with Crippen molar-refractivity contribution >= 4 is 21.6 Å². The van der Waals surface area contributed by atoms with Crippen molar-refractivity contribution in [2.75, 3.05) is 18.0 Å². The molecule has 2 aromatic rings. The fraction of sp³-hybridized carbons (Fsp3) is 0.286. The van der Waals surface area contributed by atoms with Gasteiger partial charge in [-0.05, 0) is 47.0 Å². The number of hydrogen-bond donors (Lipinski definition) is 1. The van der Waals surface area contributed by atoms with Crippen molar-refractivity contribution in [1.82, 2.24) is 9.97 Å². The minimum atomic E-state index is -0.0757. The summed E-state index contributed by atoms with van der Waals surface area (Å²) in [6.45, 7) is 2.42. The van der Waals surface area contributed by atoms with E-state index in [1.54, 1.807) is 12.3 Å². The Morgan fingerprint density at radius 1 is 1.11 bits per heavy atom. The predicted molar refractivity (Wildman–Crippen MR) is 80.4 cm³/mol. The van der Waals surface area contributed by atoms with E-state index in [9.17, 15) is 4.79 Å². The van der Waals surface area contributed by atoms with Crippen molar-refractivity contribution in [1.29, 1.82) is 0 Å². The Bertz CT molecular complexity index is 530. The van der Waals surface area contributed by atoms with E-state index < -0.39 is 0 Å². The van der Waals surface area contributed by atoms with Crippen LogP contribution in [0.3, 0.4) is 0 Å². The number of aromatic nitrogens is 2. The van der Waals surface area contributed by atoms with E-state index in [-0.39, 0.29) is 5.56 Å². The number of anilines is 1. The minimum absolute atomic E-state index is 0.0757. The van der Waals surface area contributed by atoms with Crippen LogP contribution in [0.1, 0.15) is 12.8 Å². The minimum Gasteiger partial charge on any atom is -0.371 e. The molecule has 3 heterocycles. The summed E-state index contributed by atoms with van der Waals surface area (Å²) >= 11 is 3.18. The highest BCUT2D eigenvalue weighted by molar-refractivity contribution is 9.10. The molecule has 0 unspecified atom stereocenters. The standard InChI is InChI=1S/C9H12N2.C5H4BrNO/c1-2-8-11(7-1)9-3-5-10-6-4-9;6-4-1-2-5(8)7-3-4/h3-6H,1-2,7-8H2;1-3H,(H,7,8). The highest BCUT2D eigenvalue weighted by atomic mass is 79.9. The fourth-order valence-corrected chi connectivity index (χ4v) is 2.17. The Kier molecular flexibility index (Phi) is 5.15. The molecule has 4 nitrogen and oxygen atoms in total. The van der Waals surface area contributed by atoms with Gasteiger partial charge in [0, 0.05) is 47.9 Å². The van der Waals surface area contributed by atoms with Crippen molar-refractivity contribution in [3.63, 3.8) is 0 Å². The van der Waals surface area contributed by atoms with Gasteiger partial charge >= 0.3 is 0 Å². The Morgan fingerprint density at radius 3 is 2.32 bits per heavy atom. The smallest absolute Gasteiger partial charge is 0.247 e. The molecule has 0 aromatic carbocycles. The molecule has 1 N–H and O–H groups in total. The van der Waals surface area contributed by atoms with Gasteiger partial charge in [-0.25, -0.2) is 0 Å². The molecule has 0 amide bonds. The lowest BCUT2D eigenvalue weighted by Gasteiger charge is -2.16. The molecule has 1 aliphatic rings. The van der Waals surface area contributed by atoms with Gasteiger partial charge in [0.2, 0.25) is 5.56 Å². The summed E-state index contributed by atoms with van der Waals surface area (Å²) in [6.07, 6.45) is 7.98. The number of nitrogens with one attached hydrogen (secondary N) is 1. The van der Waals surface area contributed by atoms with Crippen LogP contribution in [0.15, 0.2) is 52.1 Å². The van der Waals surface area contributed by atoms with Gasteiger partial charge in [0.15, 0.2) is 0 Å². The van der Waals surface area contributed by atoms with Crippen LogP contribution in [0, 0.1) is 0 Å². The molecule has 100 valence electrons. The predicted octanol–water partition coefficient (Wildman–Crippen LogP) is 2.82. The van der Waals surface area contributed by atoms with Gasteiger partial charge in [-0.3, -0.25) is 9.78 Å². The van der Waals surface area contributed by atoms with Crippen LogP contribution in [-0.4, -0.2) is 23.1 Å². The third kappa shape index (κ3) is 4.52. The zero-order chi connectivity index (χ0) is 13.5. The summed E-state index contributed by atoms with van der Waals surface area (Å²) < 4.78 is 0.886. The lowest BCUT2D eigenvalue weighted by molar-refractivity contribution is 0.949. The molecular weight excluding hydrogens is 306 g/mol. The number of halogens is 1. The third-order valence-corrected chi connectivity index (χ3v) is 3.37. The maximum Gasteiger partial charge on any atom is 0.247 e. The molecule has 0 bridgehead atoms. The molecule has 1 fully saturated rings. The van der Waals surface area contributed by atoms with E-state index in [1.807, 2.05) is 12.4 Å². The molecule has 19 heavy (non-hydrogen) atoms. The molecule has 2 aromatic heterocycles. The van der Waals surface area contributed by atoms with Crippen LogP contribution in [0.25, 0.3) is 0 Å². The fourth-order valence-electron chi connectivity index (χ4n) is 1.92. The van der Waals surface area contributed by atoms with Gasteiger partial charge in [-0.2, -0.15) is 0 Å². The molecular formula is C14H16BrN3O. The van der Waals surface area contributed by atoms with Crippen LogP contribution in [0.5, 0.6) is 0 Å². The summed E-state index contributed by atoms with van der Waals surface area (Å²) in [7, 11) is 0. The van der Waals surface area contributed by atoms with Crippen LogP contribution in [0.4, 0.5) is 5.69 Å². The lowest BCUT2D eigenvalue weighted by atomic mass is 10.4. The number of rotatable bonds is 1. The normalized spacial score (nSPS) is 13.8. The first-order valence-corrected chi connectivity index (χ1v) is 7.04. The Labute approximate surface area is 120 Å². The van der Waals surface area contributed by atoms with Crippen LogP contribution < -0.4 is 10.5 Å². The van der Waals surface area contributed by atoms with Gasteiger partial charge in [0.05, 0.1) is 0 Å². The number of nitrogens with zero attached hydrogens (tertiary/aromatic N) is 2.